The van der Waals surface area contributed by atoms with Crippen LogP contribution in [0.25, 0.3) is 0 Å². The van der Waals surface area contributed by atoms with Gasteiger partial charge in [0.15, 0.2) is 6.29 Å². The molecule has 0 bridgehead atoms. The van der Waals surface area contributed by atoms with E-state index in [0.29, 0.717) is 6.42 Å². The van der Waals surface area contributed by atoms with Gasteiger partial charge in [-0.15, -0.1) is 0 Å². The summed E-state index contributed by atoms with van der Waals surface area (Å²) < 4.78 is 11.3. The molecule has 0 aliphatic carbocycles. The van der Waals surface area contributed by atoms with E-state index < -0.39 is 49.5 Å². The molecule has 0 aromatic carbocycles. The fraction of sp³-hybridized carbons (Fsp3) is 0.753. The zero-order valence-corrected chi connectivity index (χ0v) is 55.5. The number of allylic oxidation sites excluding steroid dienone is 17. The van der Waals surface area contributed by atoms with Gasteiger partial charge in [0, 0.05) is 6.42 Å². The van der Waals surface area contributed by atoms with Crippen LogP contribution in [0.5, 0.6) is 0 Å². The summed E-state index contributed by atoms with van der Waals surface area (Å²) in [6.07, 6.45) is 89.0. The Bertz CT molecular complexity index is 1730. The summed E-state index contributed by atoms with van der Waals surface area (Å²) in [6.45, 7) is 3.69. The maximum atomic E-state index is 13.1. The van der Waals surface area contributed by atoms with Crippen LogP contribution < -0.4 is 5.32 Å². The molecule has 6 N–H and O–H groups in total. The highest BCUT2D eigenvalue weighted by Gasteiger charge is 2.44. The SMILES string of the molecule is CC/C=C\C/C=C\C/C=C\C/C=C\C/C=C\C/C=C\C/C=C\C/C=C\CCCCCCCCCCCCCCC(=O)NC(COC1OC(CO)C(O)C(O)C1O)C(O)/C=C/CCCCCCCCCCCCCCCCCCCCCCCCCC. The van der Waals surface area contributed by atoms with E-state index in [1.807, 2.05) is 6.08 Å². The lowest BCUT2D eigenvalue weighted by atomic mass is 9.99. The van der Waals surface area contributed by atoms with E-state index in [4.69, 9.17) is 9.47 Å². The Morgan fingerprint density at radius 3 is 1.07 bits per heavy atom. The summed E-state index contributed by atoms with van der Waals surface area (Å²) in [5, 5.41) is 54.8. The Morgan fingerprint density at radius 2 is 0.721 bits per heavy atom. The highest BCUT2D eigenvalue weighted by Crippen LogP contribution is 2.23. The molecule has 1 rings (SSSR count). The lowest BCUT2D eigenvalue weighted by Gasteiger charge is -2.40. The molecule has 1 aliphatic rings. The van der Waals surface area contributed by atoms with Gasteiger partial charge in [0.05, 0.1) is 25.4 Å². The second-order valence-electron chi connectivity index (χ2n) is 24.7. The summed E-state index contributed by atoms with van der Waals surface area (Å²) in [7, 11) is 0. The van der Waals surface area contributed by atoms with Crippen LogP contribution in [-0.2, 0) is 14.3 Å². The predicted octanol–water partition coefficient (Wildman–Crippen LogP) is 20.0. The van der Waals surface area contributed by atoms with Crippen molar-refractivity contribution in [3.8, 4) is 0 Å². The van der Waals surface area contributed by atoms with Gasteiger partial charge in [-0.25, -0.2) is 0 Å². The molecule has 0 spiro atoms. The van der Waals surface area contributed by atoms with E-state index in [-0.39, 0.29) is 12.5 Å². The number of amides is 1. The minimum Gasteiger partial charge on any atom is -0.394 e. The van der Waals surface area contributed by atoms with Crippen LogP contribution in [0.3, 0.4) is 0 Å². The van der Waals surface area contributed by atoms with Crippen LogP contribution in [0.2, 0.25) is 0 Å². The minimum absolute atomic E-state index is 0.179. The van der Waals surface area contributed by atoms with Gasteiger partial charge in [0.1, 0.15) is 24.4 Å². The first-order valence-corrected chi connectivity index (χ1v) is 36.1. The highest BCUT2D eigenvalue weighted by molar-refractivity contribution is 5.76. The van der Waals surface area contributed by atoms with Gasteiger partial charge in [0.2, 0.25) is 5.91 Å². The zero-order chi connectivity index (χ0) is 62.1. The molecule has 0 aromatic rings. The van der Waals surface area contributed by atoms with Crippen molar-refractivity contribution in [2.75, 3.05) is 13.2 Å². The molecule has 86 heavy (non-hydrogen) atoms. The van der Waals surface area contributed by atoms with Crippen molar-refractivity contribution in [1.29, 1.82) is 0 Å². The Labute approximate surface area is 529 Å². The van der Waals surface area contributed by atoms with Crippen LogP contribution in [0, 0.1) is 0 Å². The first-order valence-electron chi connectivity index (χ1n) is 36.1. The summed E-state index contributed by atoms with van der Waals surface area (Å²) in [5.41, 5.74) is 0. The van der Waals surface area contributed by atoms with E-state index in [0.717, 1.165) is 89.9 Å². The molecule has 0 radical (unpaired) electrons. The first kappa shape index (κ1) is 80.9. The Morgan fingerprint density at radius 1 is 0.407 bits per heavy atom. The molecule has 9 nitrogen and oxygen atoms in total. The van der Waals surface area contributed by atoms with Gasteiger partial charge in [-0.3, -0.25) is 4.79 Å². The Hall–Kier alpha value is -3.15. The summed E-state index contributed by atoms with van der Waals surface area (Å²) >= 11 is 0. The van der Waals surface area contributed by atoms with E-state index in [1.54, 1.807) is 6.08 Å². The molecule has 0 saturated carbocycles. The van der Waals surface area contributed by atoms with Crippen molar-refractivity contribution in [2.45, 2.75) is 358 Å². The fourth-order valence-electron chi connectivity index (χ4n) is 11.0. The number of ether oxygens (including phenoxy) is 2. The lowest BCUT2D eigenvalue weighted by molar-refractivity contribution is -0.302. The van der Waals surface area contributed by atoms with Crippen molar-refractivity contribution in [1.82, 2.24) is 5.32 Å². The Kier molecular flexibility index (Phi) is 61.0. The van der Waals surface area contributed by atoms with Gasteiger partial charge >= 0.3 is 0 Å². The standard InChI is InChI=1S/C77H135NO8/c1-3-5-7-9-11-13-15-17-19-21-23-25-27-29-31-32-33-34-35-36-37-38-39-40-41-43-45-47-49-51-53-55-57-59-61-63-65-67-73(81)78-70(69-85-77-76(84)75(83)74(82)72(68-79)86-77)71(80)66-64-62-60-58-56-54-52-50-48-46-44-42-30-28-26-24-22-20-18-16-14-12-10-8-6-4-2/h5,7,11,13,17,19,23,25,29,31,33-34,36-37,39-40,64,66,70-72,74-77,79-80,82-84H,3-4,6,8-10,12,14-16,18,20-22,24,26-28,30,32,35,38,41-63,65,67-69H2,1-2H3,(H,78,81)/b7-5-,13-11-,19-17-,25-23-,31-29-,34-33-,37-36-,40-39-,66-64+. The molecule has 1 aliphatic heterocycles. The number of hydrogen-bond acceptors (Lipinski definition) is 8. The molecule has 496 valence electrons. The van der Waals surface area contributed by atoms with Gasteiger partial charge in [-0.05, 0) is 83.5 Å². The first-order chi connectivity index (χ1) is 42.3. The number of hydrogen-bond donors (Lipinski definition) is 6. The molecule has 1 fully saturated rings. The van der Waals surface area contributed by atoms with Crippen molar-refractivity contribution in [3.63, 3.8) is 0 Å². The lowest BCUT2D eigenvalue weighted by Crippen LogP contribution is -2.60. The molecular weight excluding hydrogens is 1070 g/mol. The largest absolute Gasteiger partial charge is 0.394 e. The predicted molar refractivity (Wildman–Crippen MR) is 368 cm³/mol. The second kappa shape index (κ2) is 64.8. The smallest absolute Gasteiger partial charge is 0.220 e. The van der Waals surface area contributed by atoms with Crippen molar-refractivity contribution in [2.24, 2.45) is 0 Å². The Balaban J connectivity index is 2.14. The minimum atomic E-state index is -1.57. The van der Waals surface area contributed by atoms with Gasteiger partial charge < -0.3 is 40.3 Å². The van der Waals surface area contributed by atoms with Crippen molar-refractivity contribution >= 4 is 5.91 Å². The number of aliphatic hydroxyl groups is 5. The monoisotopic (exact) mass is 1200 g/mol. The summed E-state index contributed by atoms with van der Waals surface area (Å²) in [4.78, 5) is 13.1. The zero-order valence-electron chi connectivity index (χ0n) is 55.5. The average Bonchev–Trinajstić information content (AvgIpc) is 2.44. The second-order valence-corrected chi connectivity index (χ2v) is 24.7. The third-order valence-electron chi connectivity index (χ3n) is 16.6. The summed E-state index contributed by atoms with van der Waals surface area (Å²) in [5.74, 6) is -0.179. The molecule has 1 saturated heterocycles. The number of carbonyl (C=O) groups is 1. The highest BCUT2D eigenvalue weighted by atomic mass is 16.7. The maximum absolute atomic E-state index is 13.1. The number of rotatable bonds is 62. The van der Waals surface area contributed by atoms with Gasteiger partial charge in [0.25, 0.3) is 0 Å². The molecule has 0 aromatic heterocycles. The van der Waals surface area contributed by atoms with Crippen LogP contribution in [0.15, 0.2) is 109 Å². The molecule has 9 heteroatoms. The number of carbonyl (C=O) groups excluding carboxylic acids is 1. The quantitative estimate of drug-likeness (QED) is 0.0261. The third-order valence-corrected chi connectivity index (χ3v) is 16.6. The van der Waals surface area contributed by atoms with E-state index in [1.165, 1.54) is 205 Å². The van der Waals surface area contributed by atoms with Gasteiger partial charge in [-0.1, -0.05) is 335 Å². The topological polar surface area (TPSA) is 149 Å². The fourth-order valence-corrected chi connectivity index (χ4v) is 11.0. The van der Waals surface area contributed by atoms with Crippen molar-refractivity contribution < 1.29 is 39.8 Å². The molecule has 1 heterocycles. The summed E-state index contributed by atoms with van der Waals surface area (Å²) in [6, 6.07) is -0.814. The number of aliphatic hydroxyl groups excluding tert-OH is 5. The van der Waals surface area contributed by atoms with Crippen molar-refractivity contribution in [3.05, 3.63) is 109 Å². The van der Waals surface area contributed by atoms with Gasteiger partial charge in [-0.2, -0.15) is 0 Å². The van der Waals surface area contributed by atoms with Crippen LogP contribution in [0.4, 0.5) is 0 Å². The number of nitrogens with one attached hydrogen (secondary N) is 1. The van der Waals surface area contributed by atoms with Crippen LogP contribution >= 0.6 is 0 Å². The van der Waals surface area contributed by atoms with Crippen LogP contribution in [-0.4, -0.2) is 87.5 Å². The maximum Gasteiger partial charge on any atom is 0.220 e. The molecule has 1 amide bonds. The van der Waals surface area contributed by atoms with E-state index >= 15 is 0 Å². The normalized spacial score (nSPS) is 18.7. The molecular formula is C77H135NO8. The number of unbranched alkanes of at least 4 members (excludes halogenated alkanes) is 36. The average molecular weight is 1200 g/mol. The van der Waals surface area contributed by atoms with E-state index in [9.17, 15) is 30.3 Å². The van der Waals surface area contributed by atoms with Crippen LogP contribution in [0.1, 0.15) is 316 Å². The van der Waals surface area contributed by atoms with E-state index in [2.05, 4.69) is 116 Å². The molecule has 7 unspecified atom stereocenters. The molecule has 7 atom stereocenters. The third kappa shape index (κ3) is 52.8.